The Morgan fingerprint density at radius 3 is 2.41 bits per heavy atom. The van der Waals surface area contributed by atoms with Gasteiger partial charge in [0.1, 0.15) is 5.01 Å². The minimum atomic E-state index is -0.195. The summed E-state index contributed by atoms with van der Waals surface area (Å²) in [5.74, 6) is -0.261. The van der Waals surface area contributed by atoms with Crippen LogP contribution in [0.5, 0.6) is 0 Å². The summed E-state index contributed by atoms with van der Waals surface area (Å²) >= 11 is 1.58. The van der Waals surface area contributed by atoms with Gasteiger partial charge in [0.15, 0.2) is 0 Å². The van der Waals surface area contributed by atoms with E-state index in [2.05, 4.69) is 15.6 Å². The van der Waals surface area contributed by atoms with Crippen LogP contribution in [0.3, 0.4) is 0 Å². The van der Waals surface area contributed by atoms with Gasteiger partial charge in [0.2, 0.25) is 5.91 Å². The molecule has 0 saturated carbocycles. The van der Waals surface area contributed by atoms with E-state index in [1.54, 1.807) is 36.5 Å². The molecule has 3 aromatic rings. The lowest BCUT2D eigenvalue weighted by atomic mass is 10.1. The van der Waals surface area contributed by atoms with Gasteiger partial charge in [0.25, 0.3) is 5.91 Å². The normalized spacial score (nSPS) is 10.5. The van der Waals surface area contributed by atoms with E-state index >= 15 is 0 Å². The summed E-state index contributed by atoms with van der Waals surface area (Å²) in [6, 6.07) is 12.8. The average molecular weight is 379 g/mol. The second-order valence-electron chi connectivity index (χ2n) is 6.26. The number of hydrogen-bond donors (Lipinski definition) is 2. The van der Waals surface area contributed by atoms with Crippen LogP contribution >= 0.6 is 11.3 Å². The Morgan fingerprint density at radius 1 is 1.04 bits per heavy atom. The molecule has 27 heavy (non-hydrogen) atoms. The first-order valence-electron chi connectivity index (χ1n) is 8.70. The molecule has 0 radical (unpaired) electrons. The maximum atomic E-state index is 12.6. The summed E-state index contributed by atoms with van der Waals surface area (Å²) in [6.45, 7) is 5.67. The summed E-state index contributed by atoms with van der Waals surface area (Å²) in [7, 11) is 0. The van der Waals surface area contributed by atoms with Crippen molar-refractivity contribution in [1.29, 1.82) is 0 Å². The number of amides is 2. The van der Waals surface area contributed by atoms with Crippen LogP contribution in [0.2, 0.25) is 0 Å². The first-order valence-corrected chi connectivity index (χ1v) is 9.58. The van der Waals surface area contributed by atoms with Gasteiger partial charge in [-0.1, -0.05) is 25.1 Å². The van der Waals surface area contributed by atoms with Gasteiger partial charge in [-0.2, -0.15) is 0 Å². The fourth-order valence-electron chi connectivity index (χ4n) is 2.53. The van der Waals surface area contributed by atoms with Crippen molar-refractivity contribution < 1.29 is 9.59 Å². The standard InChI is InChI=1S/C21H21N3O2S/c1-4-19(25)23-17-10-5-13(2)18(11-17)24-20(26)15-6-8-16(9-7-15)21-22-14(3)12-27-21/h5-12H,4H2,1-3H3,(H,23,25)(H,24,26). The van der Waals surface area contributed by atoms with E-state index in [-0.39, 0.29) is 11.8 Å². The number of aromatic nitrogens is 1. The lowest BCUT2D eigenvalue weighted by molar-refractivity contribution is -0.115. The third-order valence-corrected chi connectivity index (χ3v) is 5.11. The number of rotatable bonds is 5. The third kappa shape index (κ3) is 4.60. The molecule has 6 heteroatoms. The van der Waals surface area contributed by atoms with E-state index in [0.29, 0.717) is 23.4 Å². The molecule has 0 unspecified atom stereocenters. The molecule has 0 aliphatic rings. The van der Waals surface area contributed by atoms with Crippen molar-refractivity contribution in [3.63, 3.8) is 0 Å². The Labute approximate surface area is 162 Å². The van der Waals surface area contributed by atoms with Gasteiger partial charge >= 0.3 is 0 Å². The monoisotopic (exact) mass is 379 g/mol. The summed E-state index contributed by atoms with van der Waals surface area (Å²) in [6.07, 6.45) is 0.403. The lowest BCUT2D eigenvalue weighted by Gasteiger charge is -2.11. The Hall–Kier alpha value is -2.99. The van der Waals surface area contributed by atoms with Crippen molar-refractivity contribution in [2.75, 3.05) is 10.6 Å². The van der Waals surface area contributed by atoms with Gasteiger partial charge in [-0.25, -0.2) is 4.98 Å². The fraction of sp³-hybridized carbons (Fsp3) is 0.190. The van der Waals surface area contributed by atoms with Gasteiger partial charge in [-0.05, 0) is 43.7 Å². The summed E-state index contributed by atoms with van der Waals surface area (Å²) < 4.78 is 0. The topological polar surface area (TPSA) is 71.1 Å². The molecule has 0 spiro atoms. The number of thiazole rings is 1. The quantitative estimate of drug-likeness (QED) is 0.653. The van der Waals surface area contributed by atoms with Gasteiger partial charge in [0.05, 0.1) is 0 Å². The summed E-state index contributed by atoms with van der Waals surface area (Å²) in [5, 5.41) is 8.66. The van der Waals surface area contributed by atoms with Crippen LogP contribution in [0.25, 0.3) is 10.6 Å². The Bertz CT molecular complexity index is 977. The van der Waals surface area contributed by atoms with Crippen molar-refractivity contribution in [2.24, 2.45) is 0 Å². The molecule has 1 heterocycles. The molecule has 3 rings (SSSR count). The molecule has 0 aliphatic heterocycles. The van der Waals surface area contributed by atoms with Crippen molar-refractivity contribution in [2.45, 2.75) is 27.2 Å². The molecule has 0 fully saturated rings. The number of nitrogens with one attached hydrogen (secondary N) is 2. The number of benzene rings is 2. The first-order chi connectivity index (χ1) is 13.0. The number of anilines is 2. The van der Waals surface area contributed by atoms with E-state index < -0.39 is 0 Å². The van der Waals surface area contributed by atoms with E-state index in [1.165, 1.54) is 0 Å². The first kappa shape index (κ1) is 18.8. The fourth-order valence-corrected chi connectivity index (χ4v) is 3.33. The predicted octanol–water partition coefficient (Wildman–Crippen LogP) is 5.03. The highest BCUT2D eigenvalue weighted by Crippen LogP contribution is 2.25. The van der Waals surface area contributed by atoms with Crippen molar-refractivity contribution >= 4 is 34.5 Å². The Balaban J connectivity index is 1.75. The molecule has 0 aliphatic carbocycles. The van der Waals surface area contributed by atoms with Crippen LogP contribution in [0.15, 0.2) is 47.8 Å². The van der Waals surface area contributed by atoms with Crippen molar-refractivity contribution in [3.8, 4) is 10.6 Å². The van der Waals surface area contributed by atoms with Crippen molar-refractivity contribution in [3.05, 3.63) is 64.7 Å². The largest absolute Gasteiger partial charge is 0.326 e. The van der Waals surface area contributed by atoms with Crippen LogP contribution < -0.4 is 10.6 Å². The third-order valence-electron chi connectivity index (χ3n) is 4.10. The molecule has 0 saturated heterocycles. The lowest BCUT2D eigenvalue weighted by Crippen LogP contribution is -2.14. The van der Waals surface area contributed by atoms with E-state index in [1.807, 2.05) is 43.5 Å². The second kappa shape index (κ2) is 8.14. The zero-order valence-electron chi connectivity index (χ0n) is 15.5. The summed E-state index contributed by atoms with van der Waals surface area (Å²) in [4.78, 5) is 28.6. The molecule has 5 nitrogen and oxygen atoms in total. The smallest absolute Gasteiger partial charge is 0.255 e. The number of hydrogen-bond acceptors (Lipinski definition) is 4. The Morgan fingerprint density at radius 2 is 1.78 bits per heavy atom. The van der Waals surface area contributed by atoms with E-state index in [4.69, 9.17) is 0 Å². The molecule has 2 aromatic carbocycles. The molecule has 2 amide bonds. The number of carbonyl (C=O) groups excluding carboxylic acids is 2. The maximum absolute atomic E-state index is 12.6. The minimum absolute atomic E-state index is 0.0656. The van der Waals surface area contributed by atoms with Gasteiger partial charge in [0, 0.05) is 40.0 Å². The van der Waals surface area contributed by atoms with Gasteiger partial charge in [-0.3, -0.25) is 9.59 Å². The maximum Gasteiger partial charge on any atom is 0.255 e. The number of nitrogens with zero attached hydrogens (tertiary/aromatic N) is 1. The Kier molecular flexibility index (Phi) is 5.66. The van der Waals surface area contributed by atoms with Crippen LogP contribution in [0.1, 0.15) is 35.0 Å². The molecular formula is C21H21N3O2S. The zero-order chi connectivity index (χ0) is 19.4. The van der Waals surface area contributed by atoms with Crippen molar-refractivity contribution in [1.82, 2.24) is 4.98 Å². The van der Waals surface area contributed by atoms with Crippen LogP contribution in [-0.4, -0.2) is 16.8 Å². The summed E-state index contributed by atoms with van der Waals surface area (Å²) in [5.41, 5.74) is 4.81. The minimum Gasteiger partial charge on any atom is -0.326 e. The highest BCUT2D eigenvalue weighted by atomic mass is 32.1. The molecule has 138 valence electrons. The molecule has 0 bridgehead atoms. The highest BCUT2D eigenvalue weighted by Gasteiger charge is 2.10. The van der Waals surface area contributed by atoms with E-state index in [9.17, 15) is 9.59 Å². The molecule has 0 atom stereocenters. The molecule has 2 N–H and O–H groups in total. The predicted molar refractivity (Wildman–Crippen MR) is 110 cm³/mol. The average Bonchev–Trinajstić information content (AvgIpc) is 3.10. The molecule has 1 aromatic heterocycles. The SMILES string of the molecule is CCC(=O)Nc1ccc(C)c(NC(=O)c2ccc(-c3nc(C)cs3)cc2)c1. The zero-order valence-corrected chi connectivity index (χ0v) is 16.3. The van der Waals surface area contributed by atoms with Gasteiger partial charge < -0.3 is 10.6 Å². The van der Waals surface area contributed by atoms with Gasteiger partial charge in [-0.15, -0.1) is 11.3 Å². The highest BCUT2D eigenvalue weighted by molar-refractivity contribution is 7.13. The van der Waals surface area contributed by atoms with Crippen LogP contribution in [0.4, 0.5) is 11.4 Å². The van der Waals surface area contributed by atoms with Crippen LogP contribution in [-0.2, 0) is 4.79 Å². The number of aryl methyl sites for hydroxylation is 2. The molecular weight excluding hydrogens is 358 g/mol. The van der Waals surface area contributed by atoms with E-state index in [0.717, 1.165) is 21.8 Å². The van der Waals surface area contributed by atoms with Crippen LogP contribution in [0, 0.1) is 13.8 Å². The second-order valence-corrected chi connectivity index (χ2v) is 7.12. The number of carbonyl (C=O) groups is 2.